The third-order valence-corrected chi connectivity index (χ3v) is 3.43. The summed E-state index contributed by atoms with van der Waals surface area (Å²) >= 11 is 6.06. The molecule has 1 fully saturated rings. The molecule has 18 heavy (non-hydrogen) atoms. The fraction of sp³-hybridized carbons (Fsp3) is 0.333. The first-order chi connectivity index (χ1) is 8.70. The van der Waals surface area contributed by atoms with Crippen molar-refractivity contribution in [3.8, 4) is 0 Å². The maximum atomic E-state index is 6.06. The molecule has 1 aliphatic rings. The van der Waals surface area contributed by atoms with Gasteiger partial charge in [-0.05, 0) is 31.4 Å². The second-order valence-electron chi connectivity index (χ2n) is 4.97. The van der Waals surface area contributed by atoms with Crippen LogP contribution in [0, 0.1) is 6.92 Å². The molecule has 0 amide bonds. The van der Waals surface area contributed by atoms with Crippen molar-refractivity contribution in [1.29, 1.82) is 0 Å². The van der Waals surface area contributed by atoms with E-state index in [1.165, 1.54) is 24.0 Å². The van der Waals surface area contributed by atoms with Gasteiger partial charge in [0.05, 0.1) is 0 Å². The molecule has 1 heterocycles. The minimum absolute atomic E-state index is 0.564. The van der Waals surface area contributed by atoms with Gasteiger partial charge in [0, 0.05) is 18.0 Å². The van der Waals surface area contributed by atoms with Crippen LogP contribution in [-0.2, 0) is 6.42 Å². The van der Waals surface area contributed by atoms with E-state index in [2.05, 4.69) is 41.2 Å². The van der Waals surface area contributed by atoms with Crippen LogP contribution in [0.3, 0.4) is 0 Å². The van der Waals surface area contributed by atoms with Gasteiger partial charge in [0.25, 0.3) is 0 Å². The molecule has 0 radical (unpaired) electrons. The van der Waals surface area contributed by atoms with E-state index in [4.69, 9.17) is 11.6 Å². The van der Waals surface area contributed by atoms with E-state index in [0.717, 1.165) is 17.9 Å². The van der Waals surface area contributed by atoms with Crippen LogP contribution in [0.15, 0.2) is 30.3 Å². The second kappa shape index (κ2) is 4.69. The molecule has 92 valence electrons. The lowest BCUT2D eigenvalue weighted by Crippen LogP contribution is -2.00. The van der Waals surface area contributed by atoms with Crippen molar-refractivity contribution in [3.05, 3.63) is 58.1 Å². The fourth-order valence-electron chi connectivity index (χ4n) is 2.04. The topological polar surface area (TPSA) is 25.8 Å². The highest BCUT2D eigenvalue weighted by molar-refractivity contribution is 6.29. The van der Waals surface area contributed by atoms with E-state index in [9.17, 15) is 0 Å². The minimum Gasteiger partial charge on any atom is -0.237 e. The maximum Gasteiger partial charge on any atom is 0.134 e. The Labute approximate surface area is 112 Å². The van der Waals surface area contributed by atoms with Crippen molar-refractivity contribution in [3.63, 3.8) is 0 Å². The smallest absolute Gasteiger partial charge is 0.134 e. The van der Waals surface area contributed by atoms with Crippen molar-refractivity contribution in [2.45, 2.75) is 32.1 Å². The Kier molecular flexibility index (Phi) is 3.04. The first kappa shape index (κ1) is 11.7. The van der Waals surface area contributed by atoms with Gasteiger partial charge in [-0.1, -0.05) is 41.4 Å². The summed E-state index contributed by atoms with van der Waals surface area (Å²) in [7, 11) is 0. The van der Waals surface area contributed by atoms with Gasteiger partial charge in [-0.3, -0.25) is 0 Å². The lowest BCUT2D eigenvalue weighted by atomic mass is 10.1. The van der Waals surface area contributed by atoms with Gasteiger partial charge in [-0.25, -0.2) is 9.97 Å². The van der Waals surface area contributed by atoms with Gasteiger partial charge in [0.2, 0.25) is 0 Å². The van der Waals surface area contributed by atoms with Crippen LogP contribution in [0.25, 0.3) is 0 Å². The quantitative estimate of drug-likeness (QED) is 0.780. The van der Waals surface area contributed by atoms with Crippen molar-refractivity contribution < 1.29 is 0 Å². The summed E-state index contributed by atoms with van der Waals surface area (Å²) in [5.74, 6) is 1.44. The summed E-state index contributed by atoms with van der Waals surface area (Å²) in [6, 6.07) is 10.4. The maximum absolute atomic E-state index is 6.06. The standard InChI is InChI=1S/C15H15ClN2/c1-10-2-4-11(5-3-10)8-15-17-13(12-6-7-12)9-14(16)18-15/h2-5,9,12H,6-8H2,1H3. The number of hydrogen-bond acceptors (Lipinski definition) is 2. The number of hydrogen-bond donors (Lipinski definition) is 0. The Morgan fingerprint density at radius 1 is 1.17 bits per heavy atom. The third kappa shape index (κ3) is 2.70. The molecule has 1 aromatic heterocycles. The molecule has 0 N–H and O–H groups in total. The summed E-state index contributed by atoms with van der Waals surface area (Å²) in [4.78, 5) is 8.93. The number of nitrogens with zero attached hydrogens (tertiary/aromatic N) is 2. The molecule has 2 aromatic rings. The molecule has 0 spiro atoms. The van der Waals surface area contributed by atoms with Gasteiger partial charge in [0.15, 0.2) is 0 Å². The zero-order chi connectivity index (χ0) is 12.5. The number of aromatic nitrogens is 2. The van der Waals surface area contributed by atoms with E-state index in [-0.39, 0.29) is 0 Å². The Morgan fingerprint density at radius 2 is 1.89 bits per heavy atom. The van der Waals surface area contributed by atoms with Crippen LogP contribution in [-0.4, -0.2) is 9.97 Å². The normalized spacial score (nSPS) is 14.8. The van der Waals surface area contributed by atoms with Gasteiger partial charge in [-0.15, -0.1) is 0 Å². The van der Waals surface area contributed by atoms with Gasteiger partial charge < -0.3 is 0 Å². The summed E-state index contributed by atoms with van der Waals surface area (Å²) in [5.41, 5.74) is 3.60. The van der Waals surface area contributed by atoms with Crippen molar-refractivity contribution in [1.82, 2.24) is 9.97 Å². The van der Waals surface area contributed by atoms with Crippen molar-refractivity contribution in [2.24, 2.45) is 0 Å². The minimum atomic E-state index is 0.564. The van der Waals surface area contributed by atoms with Gasteiger partial charge >= 0.3 is 0 Å². The van der Waals surface area contributed by atoms with E-state index < -0.39 is 0 Å². The molecule has 2 nitrogen and oxygen atoms in total. The third-order valence-electron chi connectivity index (χ3n) is 3.24. The first-order valence-corrected chi connectivity index (χ1v) is 6.67. The van der Waals surface area contributed by atoms with E-state index in [0.29, 0.717) is 11.1 Å². The molecule has 1 aromatic carbocycles. The van der Waals surface area contributed by atoms with Crippen LogP contribution >= 0.6 is 11.6 Å². The Morgan fingerprint density at radius 3 is 2.56 bits per heavy atom. The molecule has 0 atom stereocenters. The summed E-state index contributed by atoms with van der Waals surface area (Å²) in [5, 5.41) is 0.564. The summed E-state index contributed by atoms with van der Waals surface area (Å²) < 4.78 is 0. The molecule has 0 unspecified atom stereocenters. The molecular weight excluding hydrogens is 244 g/mol. The highest BCUT2D eigenvalue weighted by Crippen LogP contribution is 2.39. The predicted molar refractivity (Wildman–Crippen MR) is 73.0 cm³/mol. The number of benzene rings is 1. The molecular formula is C15H15ClN2. The van der Waals surface area contributed by atoms with Crippen LogP contribution < -0.4 is 0 Å². The monoisotopic (exact) mass is 258 g/mol. The van der Waals surface area contributed by atoms with Crippen LogP contribution in [0.1, 0.15) is 41.4 Å². The van der Waals surface area contributed by atoms with E-state index in [1.807, 2.05) is 6.07 Å². The Bertz CT molecular complexity index is 559. The zero-order valence-electron chi connectivity index (χ0n) is 10.4. The average molecular weight is 259 g/mol. The van der Waals surface area contributed by atoms with Gasteiger partial charge in [0.1, 0.15) is 11.0 Å². The first-order valence-electron chi connectivity index (χ1n) is 6.29. The van der Waals surface area contributed by atoms with Crippen molar-refractivity contribution in [2.75, 3.05) is 0 Å². The Hall–Kier alpha value is -1.41. The predicted octanol–water partition coefficient (Wildman–Crippen LogP) is 3.91. The lowest BCUT2D eigenvalue weighted by molar-refractivity contribution is 0.899. The van der Waals surface area contributed by atoms with E-state index in [1.54, 1.807) is 0 Å². The summed E-state index contributed by atoms with van der Waals surface area (Å²) in [6.07, 6.45) is 3.22. The molecule has 0 aliphatic heterocycles. The summed E-state index contributed by atoms with van der Waals surface area (Å²) in [6.45, 7) is 2.09. The highest BCUT2D eigenvalue weighted by Gasteiger charge is 2.25. The zero-order valence-corrected chi connectivity index (χ0v) is 11.1. The molecule has 3 heteroatoms. The number of halogens is 1. The lowest BCUT2D eigenvalue weighted by Gasteiger charge is -2.05. The largest absolute Gasteiger partial charge is 0.237 e. The number of rotatable bonds is 3. The van der Waals surface area contributed by atoms with Crippen LogP contribution in [0.5, 0.6) is 0 Å². The SMILES string of the molecule is Cc1ccc(Cc2nc(Cl)cc(C3CC3)n2)cc1. The average Bonchev–Trinajstić information content (AvgIpc) is 3.15. The second-order valence-corrected chi connectivity index (χ2v) is 5.36. The Balaban J connectivity index is 1.85. The van der Waals surface area contributed by atoms with E-state index >= 15 is 0 Å². The molecule has 3 rings (SSSR count). The van der Waals surface area contributed by atoms with Crippen LogP contribution in [0.4, 0.5) is 0 Å². The molecule has 0 bridgehead atoms. The molecule has 1 saturated carbocycles. The van der Waals surface area contributed by atoms with Crippen LogP contribution in [0.2, 0.25) is 5.15 Å². The molecule has 0 saturated heterocycles. The molecule has 1 aliphatic carbocycles. The highest BCUT2D eigenvalue weighted by atomic mass is 35.5. The van der Waals surface area contributed by atoms with Gasteiger partial charge in [-0.2, -0.15) is 0 Å². The fourth-order valence-corrected chi connectivity index (χ4v) is 2.25. The number of aryl methyl sites for hydroxylation is 1. The van der Waals surface area contributed by atoms with Crippen molar-refractivity contribution >= 4 is 11.6 Å².